The van der Waals surface area contributed by atoms with Gasteiger partial charge in [0.15, 0.2) is 0 Å². The highest BCUT2D eigenvalue weighted by Crippen LogP contribution is 2.25. The van der Waals surface area contributed by atoms with Crippen molar-refractivity contribution in [2.24, 2.45) is 5.92 Å². The van der Waals surface area contributed by atoms with Crippen LogP contribution in [0.4, 0.5) is 5.69 Å². The number of amides is 2. The Morgan fingerprint density at radius 3 is 2.58 bits per heavy atom. The molecule has 0 aromatic heterocycles. The highest BCUT2D eigenvalue weighted by atomic mass is 32.2. The first-order valence-corrected chi connectivity index (χ1v) is 12.1. The Hall–Kier alpha value is -2.71. The molecule has 2 amide bonds. The summed E-state index contributed by atoms with van der Waals surface area (Å²) in [6.07, 6.45) is 2.75. The fourth-order valence-electron chi connectivity index (χ4n) is 4.21. The number of hydrogen-bond donors (Lipinski definition) is 1. The van der Waals surface area contributed by atoms with Gasteiger partial charge in [0.1, 0.15) is 0 Å². The molecule has 2 aromatic carbocycles. The minimum atomic E-state index is -3.60. The average Bonchev–Trinajstić information content (AvgIpc) is 3.24. The van der Waals surface area contributed by atoms with E-state index >= 15 is 0 Å². The summed E-state index contributed by atoms with van der Waals surface area (Å²) >= 11 is 0. The van der Waals surface area contributed by atoms with Crippen LogP contribution < -0.4 is 10.2 Å². The molecule has 0 saturated carbocycles. The van der Waals surface area contributed by atoms with E-state index in [0.717, 1.165) is 24.2 Å². The molecule has 2 saturated heterocycles. The molecule has 31 heavy (non-hydrogen) atoms. The van der Waals surface area contributed by atoms with Gasteiger partial charge in [-0.15, -0.1) is 0 Å². The molecule has 4 rings (SSSR count). The molecule has 8 heteroatoms. The number of anilines is 1. The first kappa shape index (κ1) is 21.5. The van der Waals surface area contributed by atoms with E-state index in [1.807, 2.05) is 24.3 Å². The second-order valence-corrected chi connectivity index (χ2v) is 9.99. The van der Waals surface area contributed by atoms with Gasteiger partial charge >= 0.3 is 0 Å². The number of rotatable bonds is 6. The number of sulfonamides is 1. The number of benzene rings is 2. The van der Waals surface area contributed by atoms with E-state index in [4.69, 9.17) is 0 Å². The van der Waals surface area contributed by atoms with Crippen LogP contribution >= 0.6 is 0 Å². The van der Waals surface area contributed by atoms with Crippen molar-refractivity contribution in [3.05, 3.63) is 60.2 Å². The van der Waals surface area contributed by atoms with E-state index < -0.39 is 10.0 Å². The molecular formula is C23H27N3O4S. The van der Waals surface area contributed by atoms with E-state index in [1.165, 1.54) is 4.31 Å². The summed E-state index contributed by atoms with van der Waals surface area (Å²) in [4.78, 5) is 26.8. The zero-order valence-corrected chi connectivity index (χ0v) is 18.2. The maximum Gasteiger partial charge on any atom is 0.243 e. The lowest BCUT2D eigenvalue weighted by Crippen LogP contribution is -2.45. The van der Waals surface area contributed by atoms with Gasteiger partial charge in [-0.3, -0.25) is 9.59 Å². The third-order valence-electron chi connectivity index (χ3n) is 5.90. The summed E-state index contributed by atoms with van der Waals surface area (Å²) in [5.41, 5.74) is 1.77. The van der Waals surface area contributed by atoms with Gasteiger partial charge in [0.2, 0.25) is 21.8 Å². The molecule has 0 aliphatic carbocycles. The molecule has 2 aliphatic rings. The Labute approximate surface area is 183 Å². The Morgan fingerprint density at radius 2 is 1.84 bits per heavy atom. The molecule has 164 valence electrons. The SMILES string of the molecule is O=C(NCc1cccc(N2CCCC2=O)c1)C1CCCN(S(=O)(=O)c2ccccc2)C1. The van der Waals surface area contributed by atoms with Crippen LogP contribution in [0.3, 0.4) is 0 Å². The summed E-state index contributed by atoms with van der Waals surface area (Å²) in [5.74, 6) is -0.394. The van der Waals surface area contributed by atoms with E-state index in [0.29, 0.717) is 32.4 Å². The van der Waals surface area contributed by atoms with Gasteiger partial charge in [-0.2, -0.15) is 4.31 Å². The van der Waals surface area contributed by atoms with Crippen molar-refractivity contribution in [3.63, 3.8) is 0 Å². The fraction of sp³-hybridized carbons (Fsp3) is 0.391. The zero-order valence-electron chi connectivity index (χ0n) is 17.4. The van der Waals surface area contributed by atoms with Crippen molar-refractivity contribution < 1.29 is 18.0 Å². The minimum Gasteiger partial charge on any atom is -0.352 e. The normalized spacial score (nSPS) is 20.1. The Morgan fingerprint density at radius 1 is 1.03 bits per heavy atom. The summed E-state index contributed by atoms with van der Waals surface area (Å²) in [7, 11) is -3.60. The van der Waals surface area contributed by atoms with Crippen LogP contribution in [0.2, 0.25) is 0 Å². The van der Waals surface area contributed by atoms with Crippen LogP contribution in [0.1, 0.15) is 31.2 Å². The molecule has 7 nitrogen and oxygen atoms in total. The zero-order chi connectivity index (χ0) is 21.8. The quantitative estimate of drug-likeness (QED) is 0.746. The highest BCUT2D eigenvalue weighted by Gasteiger charge is 2.33. The number of nitrogens with zero attached hydrogens (tertiary/aromatic N) is 2. The fourth-order valence-corrected chi connectivity index (χ4v) is 5.75. The summed E-state index contributed by atoms with van der Waals surface area (Å²) in [5, 5.41) is 2.95. The number of carbonyl (C=O) groups is 2. The summed E-state index contributed by atoms with van der Waals surface area (Å²) < 4.78 is 27.2. The molecule has 2 aromatic rings. The number of carbonyl (C=O) groups excluding carboxylic acids is 2. The van der Waals surface area contributed by atoms with E-state index in [-0.39, 0.29) is 29.2 Å². The van der Waals surface area contributed by atoms with Crippen molar-refractivity contribution in [3.8, 4) is 0 Å². The molecule has 0 bridgehead atoms. The standard InChI is InChI=1S/C23H27N3O4S/c27-22-12-6-14-26(22)20-9-4-7-18(15-20)16-24-23(28)19-8-5-13-25(17-19)31(29,30)21-10-2-1-3-11-21/h1-4,7,9-11,15,19H,5-6,8,12-14,16-17H2,(H,24,28). The van der Waals surface area contributed by atoms with Crippen molar-refractivity contribution in [1.82, 2.24) is 9.62 Å². The van der Waals surface area contributed by atoms with Crippen molar-refractivity contribution in [2.75, 3.05) is 24.5 Å². The molecule has 1 atom stereocenters. The van der Waals surface area contributed by atoms with Crippen LogP contribution in [-0.4, -0.2) is 44.2 Å². The van der Waals surface area contributed by atoms with E-state index in [9.17, 15) is 18.0 Å². The smallest absolute Gasteiger partial charge is 0.243 e. The largest absolute Gasteiger partial charge is 0.352 e. The second-order valence-electron chi connectivity index (χ2n) is 8.05. The average molecular weight is 442 g/mol. The first-order chi connectivity index (χ1) is 14.9. The Kier molecular flexibility index (Phi) is 6.38. The monoisotopic (exact) mass is 441 g/mol. The van der Waals surface area contributed by atoms with Crippen LogP contribution in [0.25, 0.3) is 0 Å². The van der Waals surface area contributed by atoms with Crippen LogP contribution in [0.15, 0.2) is 59.5 Å². The van der Waals surface area contributed by atoms with Crippen molar-refractivity contribution >= 4 is 27.5 Å². The lowest BCUT2D eigenvalue weighted by Gasteiger charge is -2.31. The van der Waals surface area contributed by atoms with E-state index in [1.54, 1.807) is 35.2 Å². The van der Waals surface area contributed by atoms with Crippen LogP contribution in [-0.2, 0) is 26.2 Å². The van der Waals surface area contributed by atoms with Crippen LogP contribution in [0.5, 0.6) is 0 Å². The van der Waals surface area contributed by atoms with Crippen molar-refractivity contribution in [2.45, 2.75) is 37.1 Å². The number of piperidine rings is 1. The molecule has 0 spiro atoms. The second kappa shape index (κ2) is 9.20. The molecule has 0 radical (unpaired) electrons. The first-order valence-electron chi connectivity index (χ1n) is 10.7. The number of nitrogens with one attached hydrogen (secondary N) is 1. The summed E-state index contributed by atoms with van der Waals surface area (Å²) in [6, 6.07) is 16.0. The molecular weight excluding hydrogens is 414 g/mol. The maximum absolute atomic E-state index is 12.9. The molecule has 2 aliphatic heterocycles. The van der Waals surface area contributed by atoms with E-state index in [2.05, 4.69) is 5.32 Å². The third kappa shape index (κ3) is 4.80. The van der Waals surface area contributed by atoms with Gasteiger partial charge in [-0.05, 0) is 49.1 Å². The van der Waals surface area contributed by atoms with Gasteiger partial charge in [-0.25, -0.2) is 8.42 Å². The predicted octanol–water partition coefficient (Wildman–Crippen LogP) is 2.53. The summed E-state index contributed by atoms with van der Waals surface area (Å²) in [6.45, 7) is 1.68. The Bertz CT molecular complexity index is 1060. The topological polar surface area (TPSA) is 86.8 Å². The molecule has 1 N–H and O–H groups in total. The molecule has 2 fully saturated rings. The third-order valence-corrected chi connectivity index (χ3v) is 7.78. The minimum absolute atomic E-state index is 0.128. The van der Waals surface area contributed by atoms with Crippen molar-refractivity contribution in [1.29, 1.82) is 0 Å². The van der Waals surface area contributed by atoms with Gasteiger partial charge in [0.25, 0.3) is 0 Å². The Balaban J connectivity index is 1.37. The van der Waals surface area contributed by atoms with Crippen LogP contribution in [0, 0.1) is 5.92 Å². The molecule has 2 heterocycles. The van der Waals surface area contributed by atoms with Gasteiger partial charge in [0, 0.05) is 38.3 Å². The highest BCUT2D eigenvalue weighted by molar-refractivity contribution is 7.89. The maximum atomic E-state index is 12.9. The lowest BCUT2D eigenvalue weighted by atomic mass is 9.98. The molecule has 1 unspecified atom stereocenters. The lowest BCUT2D eigenvalue weighted by molar-refractivity contribution is -0.126. The van der Waals surface area contributed by atoms with Gasteiger partial charge in [-0.1, -0.05) is 30.3 Å². The number of hydrogen-bond acceptors (Lipinski definition) is 4. The predicted molar refractivity (Wildman–Crippen MR) is 118 cm³/mol. The van der Waals surface area contributed by atoms with Gasteiger partial charge < -0.3 is 10.2 Å². The van der Waals surface area contributed by atoms with Gasteiger partial charge in [0.05, 0.1) is 10.8 Å².